The van der Waals surface area contributed by atoms with Crippen LogP contribution >= 0.6 is 0 Å². The van der Waals surface area contributed by atoms with Crippen LogP contribution in [0, 0.1) is 17.8 Å². The monoisotopic (exact) mass is 255 g/mol. The van der Waals surface area contributed by atoms with Gasteiger partial charge in [-0.25, -0.2) is 0 Å². The number of rotatable bonds is 7. The minimum Gasteiger partial charge on any atom is -0.392 e. The van der Waals surface area contributed by atoms with Crippen LogP contribution in [0.2, 0.25) is 0 Å². The zero-order valence-electron chi connectivity index (χ0n) is 12.8. The lowest BCUT2D eigenvalue weighted by atomic mass is 9.81. The molecule has 0 saturated heterocycles. The van der Waals surface area contributed by atoms with Crippen LogP contribution in [0.25, 0.3) is 0 Å². The Labute approximate surface area is 114 Å². The van der Waals surface area contributed by atoms with Crippen molar-refractivity contribution in [1.29, 1.82) is 0 Å². The van der Waals surface area contributed by atoms with Gasteiger partial charge < -0.3 is 10.4 Å². The molecule has 108 valence electrons. The quantitative estimate of drug-likeness (QED) is 0.728. The van der Waals surface area contributed by atoms with E-state index in [0.29, 0.717) is 12.0 Å². The molecule has 2 N–H and O–H groups in total. The first-order chi connectivity index (χ1) is 8.47. The second kappa shape index (κ2) is 8.16. The average Bonchev–Trinajstić information content (AvgIpc) is 2.25. The largest absolute Gasteiger partial charge is 0.392 e. The Kier molecular flexibility index (Phi) is 7.25. The van der Waals surface area contributed by atoms with Crippen LogP contribution in [0.15, 0.2) is 0 Å². The minimum atomic E-state index is -0.171. The summed E-state index contributed by atoms with van der Waals surface area (Å²) in [6, 6.07) is 0.643. The van der Waals surface area contributed by atoms with Gasteiger partial charge in [0, 0.05) is 12.6 Å². The summed E-state index contributed by atoms with van der Waals surface area (Å²) in [6.07, 6.45) is 7.48. The van der Waals surface area contributed by atoms with E-state index >= 15 is 0 Å². The van der Waals surface area contributed by atoms with E-state index in [1.807, 2.05) is 0 Å². The van der Waals surface area contributed by atoms with Crippen LogP contribution in [-0.4, -0.2) is 23.8 Å². The molecular formula is C16H33NO. The molecule has 3 unspecified atom stereocenters. The van der Waals surface area contributed by atoms with E-state index in [2.05, 4.69) is 33.0 Å². The summed E-state index contributed by atoms with van der Waals surface area (Å²) >= 11 is 0. The highest BCUT2D eigenvalue weighted by Gasteiger charge is 2.22. The van der Waals surface area contributed by atoms with E-state index in [-0.39, 0.29) is 6.10 Å². The number of aliphatic hydroxyl groups is 1. The van der Waals surface area contributed by atoms with Gasteiger partial charge in [0.15, 0.2) is 0 Å². The lowest BCUT2D eigenvalue weighted by molar-refractivity contribution is 0.135. The van der Waals surface area contributed by atoms with Crippen molar-refractivity contribution in [3.8, 4) is 0 Å². The maximum absolute atomic E-state index is 9.90. The van der Waals surface area contributed by atoms with Gasteiger partial charge in [0.05, 0.1) is 6.10 Å². The van der Waals surface area contributed by atoms with Crippen molar-refractivity contribution < 1.29 is 5.11 Å². The number of nitrogens with one attached hydrogen (secondary N) is 1. The topological polar surface area (TPSA) is 32.3 Å². The third-order valence-electron chi connectivity index (χ3n) is 3.97. The van der Waals surface area contributed by atoms with Crippen molar-refractivity contribution in [2.45, 2.75) is 78.4 Å². The number of hydrogen-bond acceptors (Lipinski definition) is 2. The van der Waals surface area contributed by atoms with Crippen molar-refractivity contribution in [3.05, 3.63) is 0 Å². The molecule has 1 aliphatic carbocycles. The van der Waals surface area contributed by atoms with Crippen LogP contribution in [0.3, 0.4) is 0 Å². The maximum Gasteiger partial charge on any atom is 0.0667 e. The zero-order valence-corrected chi connectivity index (χ0v) is 12.8. The molecule has 0 aromatic heterocycles. The highest BCUT2D eigenvalue weighted by molar-refractivity contribution is 4.79. The van der Waals surface area contributed by atoms with Gasteiger partial charge in [-0.3, -0.25) is 0 Å². The Balaban J connectivity index is 2.21. The molecule has 3 atom stereocenters. The SMILES string of the molecule is CC(C)CC(O)CNC1CCCC(CC(C)C)C1. The van der Waals surface area contributed by atoms with Crippen molar-refractivity contribution in [1.82, 2.24) is 5.32 Å². The third kappa shape index (κ3) is 6.75. The molecule has 0 amide bonds. The molecule has 1 rings (SSSR count). The zero-order chi connectivity index (χ0) is 13.5. The molecular weight excluding hydrogens is 222 g/mol. The lowest BCUT2D eigenvalue weighted by Crippen LogP contribution is -2.39. The molecule has 0 aromatic carbocycles. The molecule has 1 saturated carbocycles. The smallest absolute Gasteiger partial charge is 0.0667 e. The van der Waals surface area contributed by atoms with E-state index in [9.17, 15) is 5.11 Å². The fourth-order valence-electron chi connectivity index (χ4n) is 3.29. The third-order valence-corrected chi connectivity index (χ3v) is 3.97. The van der Waals surface area contributed by atoms with E-state index in [1.54, 1.807) is 0 Å². The molecule has 2 nitrogen and oxygen atoms in total. The van der Waals surface area contributed by atoms with Crippen molar-refractivity contribution >= 4 is 0 Å². The molecule has 1 fully saturated rings. The van der Waals surface area contributed by atoms with Gasteiger partial charge in [-0.15, -0.1) is 0 Å². The lowest BCUT2D eigenvalue weighted by Gasteiger charge is -2.31. The van der Waals surface area contributed by atoms with E-state index in [4.69, 9.17) is 0 Å². The van der Waals surface area contributed by atoms with Gasteiger partial charge in [0.25, 0.3) is 0 Å². The predicted octanol–water partition coefficient (Wildman–Crippen LogP) is 3.59. The first kappa shape index (κ1) is 16.0. The summed E-state index contributed by atoms with van der Waals surface area (Å²) in [5.41, 5.74) is 0. The summed E-state index contributed by atoms with van der Waals surface area (Å²) < 4.78 is 0. The van der Waals surface area contributed by atoms with Crippen LogP contribution in [0.5, 0.6) is 0 Å². The van der Waals surface area contributed by atoms with Crippen LogP contribution in [-0.2, 0) is 0 Å². The molecule has 1 aliphatic rings. The Hall–Kier alpha value is -0.0800. The first-order valence-electron chi connectivity index (χ1n) is 7.88. The van der Waals surface area contributed by atoms with Gasteiger partial charge in [0.1, 0.15) is 0 Å². The maximum atomic E-state index is 9.90. The summed E-state index contributed by atoms with van der Waals surface area (Å²) in [6.45, 7) is 9.76. The van der Waals surface area contributed by atoms with Crippen LogP contribution in [0.4, 0.5) is 0 Å². The highest BCUT2D eigenvalue weighted by Crippen LogP contribution is 2.29. The predicted molar refractivity (Wildman–Crippen MR) is 78.7 cm³/mol. The molecule has 0 bridgehead atoms. The standard InChI is InChI=1S/C16H33NO/c1-12(2)8-14-6-5-7-15(10-14)17-11-16(18)9-13(3)4/h12-18H,5-11H2,1-4H3. The van der Waals surface area contributed by atoms with Gasteiger partial charge in [-0.2, -0.15) is 0 Å². The molecule has 18 heavy (non-hydrogen) atoms. The van der Waals surface area contributed by atoms with Gasteiger partial charge in [0.2, 0.25) is 0 Å². The minimum absolute atomic E-state index is 0.171. The fourth-order valence-corrected chi connectivity index (χ4v) is 3.29. The molecule has 0 radical (unpaired) electrons. The van der Waals surface area contributed by atoms with E-state index < -0.39 is 0 Å². The second-order valence-electron chi connectivity index (χ2n) is 7.05. The second-order valence-corrected chi connectivity index (χ2v) is 7.05. The van der Waals surface area contributed by atoms with Crippen LogP contribution in [0.1, 0.15) is 66.2 Å². The number of hydrogen-bond donors (Lipinski definition) is 2. The molecule has 0 spiro atoms. The molecule has 0 heterocycles. The van der Waals surface area contributed by atoms with E-state index in [1.165, 1.54) is 32.1 Å². The van der Waals surface area contributed by atoms with Gasteiger partial charge in [-0.1, -0.05) is 40.5 Å². The summed E-state index contributed by atoms with van der Waals surface area (Å²) in [5.74, 6) is 2.31. The molecule has 2 heteroatoms. The van der Waals surface area contributed by atoms with Crippen molar-refractivity contribution in [3.63, 3.8) is 0 Å². The average molecular weight is 255 g/mol. The van der Waals surface area contributed by atoms with Gasteiger partial charge >= 0.3 is 0 Å². The van der Waals surface area contributed by atoms with Gasteiger partial charge in [-0.05, 0) is 43.4 Å². The molecule has 0 aromatic rings. The summed E-state index contributed by atoms with van der Waals surface area (Å²) in [7, 11) is 0. The Bertz CT molecular complexity index is 215. The van der Waals surface area contributed by atoms with Crippen molar-refractivity contribution in [2.24, 2.45) is 17.8 Å². The summed E-state index contributed by atoms with van der Waals surface area (Å²) in [5, 5.41) is 13.5. The number of aliphatic hydroxyl groups excluding tert-OH is 1. The Morgan fingerprint density at radius 1 is 1.11 bits per heavy atom. The normalized spacial score (nSPS) is 26.8. The fraction of sp³-hybridized carbons (Fsp3) is 1.00. The van der Waals surface area contributed by atoms with Crippen LogP contribution < -0.4 is 5.32 Å². The van der Waals surface area contributed by atoms with Crippen molar-refractivity contribution in [2.75, 3.05) is 6.54 Å². The first-order valence-corrected chi connectivity index (χ1v) is 7.88. The summed E-state index contributed by atoms with van der Waals surface area (Å²) in [4.78, 5) is 0. The Morgan fingerprint density at radius 3 is 2.44 bits per heavy atom. The Morgan fingerprint density at radius 2 is 1.83 bits per heavy atom. The van der Waals surface area contributed by atoms with E-state index in [0.717, 1.165) is 24.8 Å². The highest BCUT2D eigenvalue weighted by atomic mass is 16.3. The molecule has 0 aliphatic heterocycles.